The Kier molecular flexibility index (Phi) is 9.72. The van der Waals surface area contributed by atoms with E-state index in [1.807, 2.05) is 42.2 Å². The number of carbonyl (C=O) groups excluding carboxylic acids is 2. The summed E-state index contributed by atoms with van der Waals surface area (Å²) in [6.45, 7) is 8.89. The number of rotatable bonds is 10. The van der Waals surface area contributed by atoms with Crippen molar-refractivity contribution < 1.29 is 23.8 Å². The van der Waals surface area contributed by atoms with Gasteiger partial charge in [-0.25, -0.2) is 0 Å². The quantitative estimate of drug-likeness (QED) is 0.455. The lowest BCUT2D eigenvalue weighted by atomic mass is 10.1. The van der Waals surface area contributed by atoms with Crippen LogP contribution in [0.2, 0.25) is 0 Å². The monoisotopic (exact) mass is 526 g/mol. The Morgan fingerprint density at radius 2 is 1.74 bits per heavy atom. The summed E-state index contributed by atoms with van der Waals surface area (Å²) in [5, 5.41) is 8.86. The van der Waals surface area contributed by atoms with Crippen molar-refractivity contribution in [1.82, 2.24) is 24.9 Å². The van der Waals surface area contributed by atoms with Crippen molar-refractivity contribution in [2.75, 3.05) is 91.2 Å². The highest BCUT2D eigenvalue weighted by Gasteiger charge is 2.25. The van der Waals surface area contributed by atoms with E-state index < -0.39 is 0 Å². The zero-order chi connectivity index (χ0) is 26.9. The van der Waals surface area contributed by atoms with Gasteiger partial charge in [0.15, 0.2) is 5.82 Å². The van der Waals surface area contributed by atoms with Gasteiger partial charge in [-0.3, -0.25) is 14.5 Å². The van der Waals surface area contributed by atoms with Crippen LogP contribution in [0.4, 0.5) is 5.82 Å². The van der Waals surface area contributed by atoms with Crippen molar-refractivity contribution >= 4 is 17.6 Å². The number of morpholine rings is 1. The average molecular weight is 527 g/mol. The maximum atomic E-state index is 13.1. The number of ether oxygens (including phenoxy) is 3. The van der Waals surface area contributed by atoms with E-state index in [1.54, 1.807) is 19.1 Å². The largest absolute Gasteiger partial charge is 0.497 e. The van der Waals surface area contributed by atoms with Gasteiger partial charge in [-0.15, -0.1) is 10.2 Å². The molecule has 1 aromatic heterocycles. The second-order valence-electron chi connectivity index (χ2n) is 9.33. The Bertz CT molecular complexity index is 1070. The molecule has 0 bridgehead atoms. The van der Waals surface area contributed by atoms with Gasteiger partial charge in [-0.05, 0) is 24.3 Å². The summed E-state index contributed by atoms with van der Waals surface area (Å²) in [6, 6.07) is 9.45. The van der Waals surface area contributed by atoms with Gasteiger partial charge in [-0.1, -0.05) is 6.92 Å². The lowest BCUT2D eigenvalue weighted by Gasteiger charge is -2.36. The van der Waals surface area contributed by atoms with Crippen LogP contribution in [0.15, 0.2) is 30.3 Å². The first kappa shape index (κ1) is 27.6. The van der Waals surface area contributed by atoms with Crippen LogP contribution in [0.1, 0.15) is 13.3 Å². The number of benzene rings is 1. The Morgan fingerprint density at radius 3 is 2.37 bits per heavy atom. The van der Waals surface area contributed by atoms with Gasteiger partial charge < -0.3 is 28.9 Å². The van der Waals surface area contributed by atoms with E-state index in [9.17, 15) is 9.59 Å². The zero-order valence-corrected chi connectivity index (χ0v) is 22.6. The number of amides is 2. The highest BCUT2D eigenvalue weighted by atomic mass is 16.5. The van der Waals surface area contributed by atoms with E-state index in [2.05, 4.69) is 20.0 Å². The first-order valence-electron chi connectivity index (χ1n) is 13.2. The van der Waals surface area contributed by atoms with Gasteiger partial charge in [0.25, 0.3) is 0 Å². The molecule has 0 spiro atoms. The van der Waals surface area contributed by atoms with Crippen LogP contribution >= 0.6 is 0 Å². The number of anilines is 1. The van der Waals surface area contributed by atoms with Crippen LogP contribution in [0, 0.1) is 0 Å². The highest BCUT2D eigenvalue weighted by molar-refractivity contribution is 5.85. The van der Waals surface area contributed by atoms with E-state index in [1.165, 1.54) is 0 Å². The number of aromatic nitrogens is 2. The van der Waals surface area contributed by atoms with Crippen LogP contribution in [0.25, 0.3) is 11.3 Å². The minimum absolute atomic E-state index is 0.00843. The second-order valence-corrected chi connectivity index (χ2v) is 9.33. The minimum Gasteiger partial charge on any atom is -0.497 e. The summed E-state index contributed by atoms with van der Waals surface area (Å²) < 4.78 is 16.2. The third-order valence-electron chi connectivity index (χ3n) is 7.06. The SMILES string of the molecule is CCC(=O)N(CCN1CCOCC1)CC(=O)N1CCN(c2ccc(-c3ccc(OC)cc3OC)nn2)CC1. The molecule has 0 saturated carbocycles. The van der Waals surface area contributed by atoms with Crippen LogP contribution in [0.5, 0.6) is 11.5 Å². The Hall–Kier alpha value is -3.44. The summed E-state index contributed by atoms with van der Waals surface area (Å²) >= 11 is 0. The fourth-order valence-electron chi connectivity index (χ4n) is 4.70. The molecule has 2 aromatic rings. The lowest BCUT2D eigenvalue weighted by molar-refractivity contribution is -0.140. The van der Waals surface area contributed by atoms with E-state index in [-0.39, 0.29) is 18.4 Å². The molecular weight excluding hydrogens is 488 g/mol. The summed E-state index contributed by atoms with van der Waals surface area (Å²) in [4.78, 5) is 33.5. The topological polar surface area (TPSA) is 101 Å². The summed E-state index contributed by atoms with van der Waals surface area (Å²) in [6.07, 6.45) is 0.390. The zero-order valence-electron chi connectivity index (χ0n) is 22.6. The van der Waals surface area contributed by atoms with Gasteiger partial charge in [-0.2, -0.15) is 0 Å². The molecule has 11 heteroatoms. The smallest absolute Gasteiger partial charge is 0.242 e. The number of piperazine rings is 1. The fourth-order valence-corrected chi connectivity index (χ4v) is 4.70. The normalized spacial score (nSPS) is 16.3. The Balaban J connectivity index is 1.30. The fraction of sp³-hybridized carbons (Fsp3) is 0.556. The molecule has 0 aliphatic carbocycles. The maximum absolute atomic E-state index is 13.1. The Morgan fingerprint density at radius 1 is 0.974 bits per heavy atom. The summed E-state index contributed by atoms with van der Waals surface area (Å²) in [5.74, 6) is 2.14. The predicted molar refractivity (Wildman–Crippen MR) is 143 cm³/mol. The maximum Gasteiger partial charge on any atom is 0.242 e. The van der Waals surface area contributed by atoms with Crippen molar-refractivity contribution in [2.45, 2.75) is 13.3 Å². The van der Waals surface area contributed by atoms with E-state index in [0.29, 0.717) is 69.6 Å². The second kappa shape index (κ2) is 13.4. The number of hydrogen-bond donors (Lipinski definition) is 0. The van der Waals surface area contributed by atoms with Crippen molar-refractivity contribution in [3.05, 3.63) is 30.3 Å². The summed E-state index contributed by atoms with van der Waals surface area (Å²) in [5.41, 5.74) is 1.54. The number of methoxy groups -OCH3 is 2. The van der Waals surface area contributed by atoms with Gasteiger partial charge in [0, 0.05) is 70.4 Å². The van der Waals surface area contributed by atoms with Crippen LogP contribution in [-0.4, -0.2) is 123 Å². The van der Waals surface area contributed by atoms with Gasteiger partial charge in [0.2, 0.25) is 11.8 Å². The molecule has 38 heavy (non-hydrogen) atoms. The molecule has 0 N–H and O–H groups in total. The van der Waals surface area contributed by atoms with E-state index in [0.717, 1.165) is 31.0 Å². The molecule has 2 fully saturated rings. The minimum atomic E-state index is -0.0125. The molecule has 0 unspecified atom stereocenters. The standard InChI is InChI=1S/C27H38N6O5/c1-4-26(34)33(10-9-30-15-17-38-18-16-30)20-27(35)32-13-11-31(12-14-32)25-8-7-23(28-29-25)22-6-5-21(36-2)19-24(22)37-3/h5-8,19H,4,9-18,20H2,1-3H3. The molecule has 4 rings (SSSR count). The van der Waals surface area contributed by atoms with E-state index >= 15 is 0 Å². The van der Waals surface area contributed by atoms with Gasteiger partial charge in [0.05, 0.1) is 39.7 Å². The average Bonchev–Trinajstić information content (AvgIpc) is 2.99. The molecule has 2 aliphatic heterocycles. The third kappa shape index (κ3) is 6.90. The number of hydrogen-bond acceptors (Lipinski definition) is 9. The third-order valence-corrected chi connectivity index (χ3v) is 7.06. The molecule has 0 atom stereocenters. The molecule has 2 saturated heterocycles. The van der Waals surface area contributed by atoms with Gasteiger partial charge in [0.1, 0.15) is 11.5 Å². The first-order valence-corrected chi connectivity index (χ1v) is 13.2. The predicted octanol–water partition coefficient (Wildman–Crippen LogP) is 1.38. The van der Waals surface area contributed by atoms with Crippen LogP contribution in [-0.2, 0) is 14.3 Å². The lowest BCUT2D eigenvalue weighted by Crippen LogP contribution is -2.52. The van der Waals surface area contributed by atoms with Crippen molar-refractivity contribution in [2.24, 2.45) is 0 Å². The molecule has 11 nitrogen and oxygen atoms in total. The van der Waals surface area contributed by atoms with Crippen molar-refractivity contribution in [1.29, 1.82) is 0 Å². The number of nitrogens with zero attached hydrogens (tertiary/aromatic N) is 6. The van der Waals surface area contributed by atoms with Crippen LogP contribution in [0.3, 0.4) is 0 Å². The van der Waals surface area contributed by atoms with Crippen LogP contribution < -0.4 is 14.4 Å². The molecule has 1 aromatic carbocycles. The number of carbonyl (C=O) groups is 2. The van der Waals surface area contributed by atoms with Gasteiger partial charge >= 0.3 is 0 Å². The van der Waals surface area contributed by atoms with Crippen molar-refractivity contribution in [3.8, 4) is 22.8 Å². The van der Waals surface area contributed by atoms with E-state index in [4.69, 9.17) is 14.2 Å². The first-order chi connectivity index (χ1) is 18.5. The van der Waals surface area contributed by atoms with Crippen molar-refractivity contribution in [3.63, 3.8) is 0 Å². The molecule has 3 heterocycles. The highest BCUT2D eigenvalue weighted by Crippen LogP contribution is 2.32. The summed E-state index contributed by atoms with van der Waals surface area (Å²) in [7, 11) is 3.23. The molecular formula is C27H38N6O5. The molecule has 0 radical (unpaired) electrons. The molecule has 206 valence electrons. The molecule has 2 amide bonds. The Labute approximate surface area is 224 Å². The molecule has 2 aliphatic rings.